The molecule has 0 spiro atoms. The number of rotatable bonds is 2. The van der Waals surface area contributed by atoms with Gasteiger partial charge in [-0.25, -0.2) is 9.78 Å². The molecule has 0 unspecified atom stereocenters. The Kier molecular flexibility index (Phi) is 5.70. The molecule has 116 valence electrons. The molecule has 0 atom stereocenters. The molecule has 1 heterocycles. The Labute approximate surface area is 156 Å². The Morgan fingerprint density at radius 1 is 0.909 bits per heavy atom. The molecule has 0 radical (unpaired) electrons. The maximum atomic E-state index is 11.7. The van der Waals surface area contributed by atoms with Gasteiger partial charge in [-0.15, -0.1) is 0 Å². The average Bonchev–Trinajstić information content (AvgIpc) is 2.50. The summed E-state index contributed by atoms with van der Waals surface area (Å²) in [5.74, 6) is -0.594. The molecule has 0 saturated heterocycles. The number of nitrogens with zero attached hydrogens (tertiary/aromatic N) is 1. The zero-order valence-corrected chi connectivity index (χ0v) is 15.2. The Morgan fingerprint density at radius 3 is 1.91 bits per heavy atom. The summed E-state index contributed by atoms with van der Waals surface area (Å²) in [5, 5.41) is 0.214. The fraction of sp³-hybridized carbons (Fsp3) is 0.0769. The monoisotopic (exact) mass is 417 g/mol. The van der Waals surface area contributed by atoms with E-state index in [2.05, 4.69) is 9.72 Å². The van der Waals surface area contributed by atoms with E-state index >= 15 is 0 Å². The second kappa shape index (κ2) is 7.00. The van der Waals surface area contributed by atoms with Gasteiger partial charge >= 0.3 is 5.97 Å². The molecule has 2 aromatic rings. The van der Waals surface area contributed by atoms with Crippen LogP contribution in [0.15, 0.2) is 12.1 Å². The summed E-state index contributed by atoms with van der Waals surface area (Å²) in [5.41, 5.74) is 0.602. The van der Waals surface area contributed by atoms with E-state index in [1.807, 2.05) is 0 Å². The van der Waals surface area contributed by atoms with Crippen molar-refractivity contribution in [3.8, 4) is 11.3 Å². The number of carbonyl (C=O) groups excluding carboxylic acids is 1. The number of hydrogen-bond donors (Lipinski definition) is 0. The lowest BCUT2D eigenvalue weighted by molar-refractivity contribution is 0.0600. The van der Waals surface area contributed by atoms with Gasteiger partial charge in [0, 0.05) is 5.56 Å². The predicted octanol–water partition coefficient (Wildman–Crippen LogP) is 6.46. The molecule has 0 N–H and O–H groups in total. The van der Waals surface area contributed by atoms with Crippen molar-refractivity contribution in [2.45, 2.75) is 0 Å². The number of methoxy groups -OCH3 is 1. The van der Waals surface area contributed by atoms with E-state index in [0.717, 1.165) is 0 Å². The Hall–Kier alpha value is -0.420. The first-order valence-electron chi connectivity index (χ1n) is 5.55. The molecule has 22 heavy (non-hydrogen) atoms. The Bertz CT molecular complexity index is 749. The van der Waals surface area contributed by atoms with Crippen molar-refractivity contribution in [1.82, 2.24) is 4.98 Å². The summed E-state index contributed by atoms with van der Waals surface area (Å²) in [6, 6.07) is 2.75. The van der Waals surface area contributed by atoms with Crippen molar-refractivity contribution in [3.05, 3.63) is 48.0 Å². The van der Waals surface area contributed by atoms with Crippen LogP contribution < -0.4 is 0 Å². The van der Waals surface area contributed by atoms with Gasteiger partial charge in [-0.2, -0.15) is 0 Å². The molecule has 1 aromatic carbocycles. The van der Waals surface area contributed by atoms with Crippen LogP contribution in [-0.2, 0) is 4.74 Å². The van der Waals surface area contributed by atoms with E-state index in [1.165, 1.54) is 19.2 Å². The highest BCUT2D eigenvalue weighted by Crippen LogP contribution is 2.48. The highest BCUT2D eigenvalue weighted by Gasteiger charge is 2.22. The predicted molar refractivity (Wildman–Crippen MR) is 91.1 cm³/mol. The summed E-state index contributed by atoms with van der Waals surface area (Å²) in [6.45, 7) is 0. The van der Waals surface area contributed by atoms with Crippen molar-refractivity contribution in [2.24, 2.45) is 0 Å². The lowest BCUT2D eigenvalue weighted by Gasteiger charge is -2.13. The van der Waals surface area contributed by atoms with Crippen molar-refractivity contribution < 1.29 is 9.53 Å². The molecule has 1 aromatic heterocycles. The number of benzene rings is 1. The van der Waals surface area contributed by atoms with Gasteiger partial charge in [0.05, 0.1) is 43.5 Å². The molecule has 3 nitrogen and oxygen atoms in total. The van der Waals surface area contributed by atoms with Gasteiger partial charge in [0.2, 0.25) is 0 Å². The molecule has 0 aliphatic carbocycles. The van der Waals surface area contributed by atoms with Crippen molar-refractivity contribution in [1.29, 1.82) is 0 Å². The highest BCUT2D eigenvalue weighted by molar-refractivity contribution is 6.56. The normalized spacial score (nSPS) is 10.7. The summed E-state index contributed by atoms with van der Waals surface area (Å²) < 4.78 is 4.64. The first-order valence-corrected chi connectivity index (χ1v) is 7.82. The van der Waals surface area contributed by atoms with E-state index in [-0.39, 0.29) is 47.1 Å². The van der Waals surface area contributed by atoms with Crippen LogP contribution in [0.3, 0.4) is 0 Å². The number of ether oxygens (including phenoxy) is 1. The summed E-state index contributed by atoms with van der Waals surface area (Å²) in [7, 11) is 1.24. The van der Waals surface area contributed by atoms with Crippen LogP contribution in [0.5, 0.6) is 0 Å². The number of halogens is 6. The van der Waals surface area contributed by atoms with Crippen LogP contribution >= 0.6 is 69.6 Å². The van der Waals surface area contributed by atoms with Crippen LogP contribution in [0.2, 0.25) is 30.3 Å². The van der Waals surface area contributed by atoms with Crippen LogP contribution in [0.4, 0.5) is 0 Å². The second-order valence-corrected chi connectivity index (χ2v) is 6.28. The highest BCUT2D eigenvalue weighted by atomic mass is 35.5. The maximum absolute atomic E-state index is 11.7. The van der Waals surface area contributed by atoms with Crippen LogP contribution in [0, 0.1) is 0 Å². The lowest BCUT2D eigenvalue weighted by atomic mass is 10.1. The molecule has 0 saturated carbocycles. The smallest absolute Gasteiger partial charge is 0.338 e. The summed E-state index contributed by atoms with van der Waals surface area (Å²) in [4.78, 5) is 15.7. The minimum Gasteiger partial charge on any atom is -0.465 e. The standard InChI is InChI=1S/C13H5Cl6NO2/c1-22-13(21)4-2-5(20-6(14)3-4)7-8(15)10(17)12(19)11(18)9(7)16/h2-3H,1H3. The quantitative estimate of drug-likeness (QED) is 0.243. The lowest BCUT2D eigenvalue weighted by Crippen LogP contribution is -2.02. The molecule has 0 bridgehead atoms. The number of carbonyl (C=O) groups is 1. The van der Waals surface area contributed by atoms with Crippen LogP contribution in [0.1, 0.15) is 10.4 Å². The SMILES string of the molecule is COC(=O)c1cc(Cl)nc(-c2c(Cl)c(Cl)c(Cl)c(Cl)c2Cl)c1. The maximum Gasteiger partial charge on any atom is 0.338 e. The molecular weight excluding hydrogens is 415 g/mol. The third kappa shape index (κ3) is 3.25. The summed E-state index contributed by atoms with van der Waals surface area (Å²) in [6.07, 6.45) is 0. The third-order valence-electron chi connectivity index (χ3n) is 2.68. The molecular formula is C13H5Cl6NO2. The first kappa shape index (κ1) is 17.9. The van der Waals surface area contributed by atoms with Gasteiger partial charge in [0.25, 0.3) is 0 Å². The van der Waals surface area contributed by atoms with Crippen LogP contribution in [0.25, 0.3) is 11.3 Å². The minimum atomic E-state index is -0.594. The minimum absolute atomic E-state index is 0.0223. The fourth-order valence-corrected chi connectivity index (χ4v) is 3.23. The van der Waals surface area contributed by atoms with Gasteiger partial charge in [-0.3, -0.25) is 0 Å². The van der Waals surface area contributed by atoms with Crippen molar-refractivity contribution in [3.63, 3.8) is 0 Å². The number of aromatic nitrogens is 1. The molecule has 0 amide bonds. The number of hydrogen-bond acceptors (Lipinski definition) is 3. The van der Waals surface area contributed by atoms with Gasteiger partial charge < -0.3 is 4.74 Å². The average molecular weight is 420 g/mol. The topological polar surface area (TPSA) is 39.2 Å². The van der Waals surface area contributed by atoms with Gasteiger partial charge in [0.15, 0.2) is 0 Å². The van der Waals surface area contributed by atoms with Crippen molar-refractivity contribution >= 4 is 75.6 Å². The van der Waals surface area contributed by atoms with E-state index < -0.39 is 5.97 Å². The summed E-state index contributed by atoms with van der Waals surface area (Å²) >= 11 is 36.2. The second-order valence-electron chi connectivity index (χ2n) is 4.00. The third-order valence-corrected chi connectivity index (χ3v) is 5.15. The van der Waals surface area contributed by atoms with E-state index in [0.29, 0.717) is 0 Å². The molecule has 9 heteroatoms. The van der Waals surface area contributed by atoms with Gasteiger partial charge in [-0.1, -0.05) is 69.6 Å². The zero-order valence-electron chi connectivity index (χ0n) is 10.7. The van der Waals surface area contributed by atoms with E-state index in [1.54, 1.807) is 0 Å². The van der Waals surface area contributed by atoms with Crippen LogP contribution in [-0.4, -0.2) is 18.1 Å². The number of pyridine rings is 1. The van der Waals surface area contributed by atoms with Gasteiger partial charge in [-0.05, 0) is 12.1 Å². The molecule has 0 aliphatic rings. The van der Waals surface area contributed by atoms with E-state index in [4.69, 9.17) is 69.6 Å². The first-order chi connectivity index (χ1) is 10.3. The zero-order chi connectivity index (χ0) is 16.6. The molecule has 0 aliphatic heterocycles. The Balaban J connectivity index is 2.78. The van der Waals surface area contributed by atoms with Crippen molar-refractivity contribution in [2.75, 3.05) is 7.11 Å². The largest absolute Gasteiger partial charge is 0.465 e. The fourth-order valence-electron chi connectivity index (χ4n) is 1.69. The van der Waals surface area contributed by atoms with E-state index in [9.17, 15) is 4.79 Å². The number of esters is 1. The molecule has 0 fully saturated rings. The Morgan fingerprint density at radius 2 is 1.41 bits per heavy atom. The van der Waals surface area contributed by atoms with Gasteiger partial charge in [0.1, 0.15) is 5.15 Å². The molecule has 2 rings (SSSR count).